The second-order valence-electron chi connectivity index (χ2n) is 6.95. The average molecular weight is 452 g/mol. The van der Waals surface area contributed by atoms with Crippen LogP contribution in [0.3, 0.4) is 0 Å². The zero-order valence-electron chi connectivity index (χ0n) is 16.8. The van der Waals surface area contributed by atoms with Gasteiger partial charge in [-0.3, -0.25) is 25.0 Å². The van der Waals surface area contributed by atoms with Crippen LogP contribution >= 0.6 is 0 Å². The lowest BCUT2D eigenvalue weighted by molar-refractivity contribution is -0.384. The van der Waals surface area contributed by atoms with Crippen molar-refractivity contribution in [2.45, 2.75) is 6.18 Å². The van der Waals surface area contributed by atoms with Gasteiger partial charge < -0.3 is 0 Å². The van der Waals surface area contributed by atoms with Crippen molar-refractivity contribution < 1.29 is 18.1 Å². The number of nitrogens with one attached hydrogen (secondary N) is 1. The molecular formula is C23H15F3N4O3. The van der Waals surface area contributed by atoms with Crippen LogP contribution in [0.1, 0.15) is 11.3 Å². The molecule has 0 radical (unpaired) electrons. The van der Waals surface area contributed by atoms with Crippen molar-refractivity contribution in [3.63, 3.8) is 0 Å². The van der Waals surface area contributed by atoms with E-state index in [2.05, 4.69) is 10.1 Å². The van der Waals surface area contributed by atoms with Crippen LogP contribution in [0, 0.1) is 10.1 Å². The summed E-state index contributed by atoms with van der Waals surface area (Å²) in [5.41, 5.74) is -1.28. The number of hydrogen-bond acceptors (Lipinski definition) is 4. The molecule has 0 fully saturated rings. The molecule has 33 heavy (non-hydrogen) atoms. The first-order valence-electron chi connectivity index (χ1n) is 9.61. The van der Waals surface area contributed by atoms with Gasteiger partial charge in [0.1, 0.15) is 0 Å². The lowest BCUT2D eigenvalue weighted by Gasteiger charge is -2.06. The molecule has 10 heteroatoms. The molecule has 3 aromatic carbocycles. The number of nitrogens with zero attached hydrogens (tertiary/aromatic N) is 3. The fraction of sp³-hybridized carbons (Fsp3) is 0.0435. The summed E-state index contributed by atoms with van der Waals surface area (Å²) in [5, 5.41) is 12.9. The van der Waals surface area contributed by atoms with Crippen LogP contribution in [0.4, 0.5) is 24.5 Å². The highest BCUT2D eigenvalue weighted by molar-refractivity contribution is 5.86. The second-order valence-corrected chi connectivity index (χ2v) is 6.95. The van der Waals surface area contributed by atoms with Crippen molar-refractivity contribution in [2.75, 3.05) is 0 Å². The highest BCUT2D eigenvalue weighted by Crippen LogP contribution is 2.32. The SMILES string of the molecule is O=c1c(C=Nc2ccccc2-c2ccccc2)c(C(F)(F)F)[nH]n1-c1ccc([N+](=O)[O-])cc1. The molecular weight excluding hydrogens is 437 g/mol. The van der Waals surface area contributed by atoms with Gasteiger partial charge in [0.05, 0.1) is 21.9 Å². The van der Waals surface area contributed by atoms with Gasteiger partial charge in [-0.25, -0.2) is 4.68 Å². The Labute approximate surface area is 184 Å². The first kappa shape index (κ1) is 21.8. The molecule has 0 spiro atoms. The van der Waals surface area contributed by atoms with Crippen molar-refractivity contribution in [1.29, 1.82) is 0 Å². The number of aliphatic imine (C=N–C) groups is 1. The Hall–Kier alpha value is -4.47. The third-order valence-corrected chi connectivity index (χ3v) is 4.85. The lowest BCUT2D eigenvalue weighted by atomic mass is 10.0. The van der Waals surface area contributed by atoms with Crippen molar-refractivity contribution in [3.8, 4) is 16.8 Å². The number of aromatic nitrogens is 2. The summed E-state index contributed by atoms with van der Waals surface area (Å²) in [5.74, 6) is 0. The minimum Gasteiger partial charge on any atom is -0.286 e. The van der Waals surface area contributed by atoms with Crippen molar-refractivity contribution in [3.05, 3.63) is 111 Å². The standard InChI is InChI=1S/C23H15F3N4O3/c24-23(25,26)21-19(22(31)29(28-21)16-10-12-17(13-11-16)30(32)33)14-27-20-9-5-4-8-18(20)15-6-2-1-3-7-15/h1-14,28H. The third-order valence-electron chi connectivity index (χ3n) is 4.85. The largest absolute Gasteiger partial charge is 0.433 e. The normalized spacial score (nSPS) is 11.7. The van der Waals surface area contributed by atoms with E-state index < -0.39 is 27.9 Å². The maximum absolute atomic E-state index is 13.7. The fourth-order valence-electron chi connectivity index (χ4n) is 3.27. The van der Waals surface area contributed by atoms with Gasteiger partial charge in [0.15, 0.2) is 5.69 Å². The molecule has 0 aliphatic rings. The number of benzene rings is 3. The first-order valence-corrected chi connectivity index (χ1v) is 9.61. The van der Waals surface area contributed by atoms with E-state index in [1.165, 1.54) is 12.1 Å². The van der Waals surface area contributed by atoms with E-state index in [-0.39, 0.29) is 11.4 Å². The molecule has 1 aromatic heterocycles. The molecule has 0 unspecified atom stereocenters. The highest BCUT2D eigenvalue weighted by atomic mass is 19.4. The number of rotatable bonds is 5. The van der Waals surface area contributed by atoms with Crippen LogP contribution in [0.25, 0.3) is 16.8 Å². The summed E-state index contributed by atoms with van der Waals surface area (Å²) in [6.07, 6.45) is -3.98. The zero-order chi connectivity index (χ0) is 23.6. The molecule has 4 rings (SSSR count). The molecule has 0 aliphatic carbocycles. The molecule has 0 saturated carbocycles. The molecule has 0 aliphatic heterocycles. The smallest absolute Gasteiger partial charge is 0.286 e. The summed E-state index contributed by atoms with van der Waals surface area (Å²) in [7, 11) is 0. The molecule has 0 saturated heterocycles. The van der Waals surface area contributed by atoms with E-state index in [4.69, 9.17) is 0 Å². The van der Waals surface area contributed by atoms with Crippen LogP contribution in [0.2, 0.25) is 0 Å². The van der Waals surface area contributed by atoms with Gasteiger partial charge in [-0.15, -0.1) is 0 Å². The van der Waals surface area contributed by atoms with E-state index >= 15 is 0 Å². The molecule has 166 valence electrons. The topological polar surface area (TPSA) is 93.3 Å². The second kappa shape index (κ2) is 8.58. The number of nitro groups is 1. The van der Waals surface area contributed by atoms with Crippen LogP contribution in [-0.4, -0.2) is 20.9 Å². The van der Waals surface area contributed by atoms with Crippen LogP contribution in [0.15, 0.2) is 88.6 Å². The number of para-hydroxylation sites is 1. The van der Waals surface area contributed by atoms with Crippen molar-refractivity contribution in [1.82, 2.24) is 9.78 Å². The van der Waals surface area contributed by atoms with Gasteiger partial charge in [-0.05, 0) is 23.8 Å². The number of halogens is 3. The molecule has 7 nitrogen and oxygen atoms in total. The molecule has 0 atom stereocenters. The number of non-ortho nitro benzene ring substituents is 1. The quantitative estimate of drug-likeness (QED) is 0.246. The Kier molecular flexibility index (Phi) is 5.65. The maximum atomic E-state index is 13.7. The minimum absolute atomic E-state index is 0.0143. The van der Waals surface area contributed by atoms with E-state index in [1.807, 2.05) is 30.3 Å². The van der Waals surface area contributed by atoms with Gasteiger partial charge in [-0.1, -0.05) is 48.5 Å². The molecule has 0 amide bonds. The Morgan fingerprint density at radius 3 is 2.21 bits per heavy atom. The number of aromatic amines is 1. The molecule has 1 N–H and O–H groups in total. The average Bonchev–Trinajstić information content (AvgIpc) is 3.15. The zero-order valence-corrected chi connectivity index (χ0v) is 16.8. The fourth-order valence-corrected chi connectivity index (χ4v) is 3.27. The minimum atomic E-state index is -4.86. The van der Waals surface area contributed by atoms with Gasteiger partial charge in [-0.2, -0.15) is 13.2 Å². The summed E-state index contributed by atoms with van der Waals surface area (Å²) < 4.78 is 41.7. The first-order chi connectivity index (χ1) is 15.8. The van der Waals surface area contributed by atoms with E-state index in [9.17, 15) is 28.1 Å². The number of nitro benzene ring substituents is 1. The molecule has 0 bridgehead atoms. The predicted octanol–water partition coefficient (Wildman–Crippen LogP) is 5.51. The van der Waals surface area contributed by atoms with Crippen LogP contribution < -0.4 is 5.56 Å². The Bertz CT molecular complexity index is 1390. The van der Waals surface area contributed by atoms with E-state index in [1.54, 1.807) is 24.3 Å². The van der Waals surface area contributed by atoms with Crippen molar-refractivity contribution >= 4 is 17.6 Å². The Balaban J connectivity index is 1.80. The number of H-pyrrole nitrogens is 1. The van der Waals surface area contributed by atoms with Crippen LogP contribution in [-0.2, 0) is 6.18 Å². The highest BCUT2D eigenvalue weighted by Gasteiger charge is 2.37. The monoisotopic (exact) mass is 452 g/mol. The number of hydrogen-bond donors (Lipinski definition) is 1. The predicted molar refractivity (Wildman–Crippen MR) is 117 cm³/mol. The van der Waals surface area contributed by atoms with Gasteiger partial charge in [0.2, 0.25) is 0 Å². The summed E-state index contributed by atoms with van der Waals surface area (Å²) in [6.45, 7) is 0. The summed E-state index contributed by atoms with van der Waals surface area (Å²) in [6, 6.07) is 20.6. The maximum Gasteiger partial charge on any atom is 0.433 e. The summed E-state index contributed by atoms with van der Waals surface area (Å²) >= 11 is 0. The van der Waals surface area contributed by atoms with E-state index in [0.717, 1.165) is 23.9 Å². The Morgan fingerprint density at radius 1 is 0.939 bits per heavy atom. The third kappa shape index (κ3) is 4.45. The van der Waals surface area contributed by atoms with E-state index in [0.29, 0.717) is 15.9 Å². The molecule has 1 heterocycles. The van der Waals surface area contributed by atoms with Crippen LogP contribution in [0.5, 0.6) is 0 Å². The lowest BCUT2D eigenvalue weighted by Crippen LogP contribution is -2.17. The molecule has 4 aromatic rings. The summed E-state index contributed by atoms with van der Waals surface area (Å²) in [4.78, 5) is 27.2. The van der Waals surface area contributed by atoms with Gasteiger partial charge in [0, 0.05) is 23.9 Å². The number of alkyl halides is 3. The van der Waals surface area contributed by atoms with Gasteiger partial charge >= 0.3 is 6.18 Å². The van der Waals surface area contributed by atoms with Gasteiger partial charge in [0.25, 0.3) is 11.2 Å². The van der Waals surface area contributed by atoms with Crippen molar-refractivity contribution in [2.24, 2.45) is 4.99 Å². The Morgan fingerprint density at radius 2 is 1.58 bits per heavy atom.